The second-order valence-electron chi connectivity index (χ2n) is 1.65. The van der Waals surface area contributed by atoms with Crippen LogP contribution in [0.4, 0.5) is 0 Å². The molecule has 1 rings (SSSR count). The van der Waals surface area contributed by atoms with E-state index in [1.165, 1.54) is 11.8 Å². The van der Waals surface area contributed by atoms with Crippen LogP contribution in [-0.2, 0) is 9.05 Å². The summed E-state index contributed by atoms with van der Waals surface area (Å²) in [5, 5.41) is 1.75. The molecule has 0 aromatic rings. The number of hydrogen-bond donors (Lipinski definition) is 0. The fraction of sp³-hybridized carbons (Fsp3) is 0.500. The quantitative estimate of drug-likeness (QED) is 0.580. The first-order valence-electron chi connectivity index (χ1n) is 2.34. The van der Waals surface area contributed by atoms with Gasteiger partial charge >= 0.3 is 0 Å². The molecule has 0 amide bonds. The molecule has 9 heavy (non-hydrogen) atoms. The van der Waals surface area contributed by atoms with Gasteiger partial charge in [0.05, 0.1) is 0 Å². The molecule has 0 saturated heterocycles. The molecule has 1 atom stereocenters. The van der Waals surface area contributed by atoms with E-state index < -0.39 is 13.6 Å². The standard InChI is InChI=1S/C4H5ClO2S2/c5-9(6,7)4-2-1-3-8-4/h1,3-4H,2H2. The van der Waals surface area contributed by atoms with Gasteiger partial charge in [0.25, 0.3) is 0 Å². The molecule has 1 aliphatic rings. The highest BCUT2D eigenvalue weighted by Gasteiger charge is 2.23. The van der Waals surface area contributed by atoms with E-state index in [0.717, 1.165) is 0 Å². The summed E-state index contributed by atoms with van der Waals surface area (Å²) in [5.74, 6) is 0. The average molecular weight is 185 g/mol. The molecule has 0 N–H and O–H groups in total. The van der Waals surface area contributed by atoms with Crippen molar-refractivity contribution in [2.45, 2.75) is 11.0 Å². The van der Waals surface area contributed by atoms with Gasteiger partial charge in [-0.2, -0.15) is 0 Å². The van der Waals surface area contributed by atoms with Gasteiger partial charge in [0.15, 0.2) is 0 Å². The van der Waals surface area contributed by atoms with Gasteiger partial charge in [-0.3, -0.25) is 0 Å². The highest BCUT2D eigenvalue weighted by atomic mass is 35.7. The third kappa shape index (κ3) is 1.88. The monoisotopic (exact) mass is 184 g/mol. The molecule has 0 aromatic carbocycles. The summed E-state index contributed by atoms with van der Waals surface area (Å²) in [6.07, 6.45) is 2.34. The van der Waals surface area contributed by atoms with Crippen molar-refractivity contribution in [1.82, 2.24) is 0 Å². The van der Waals surface area contributed by atoms with E-state index in [1.54, 1.807) is 11.5 Å². The van der Waals surface area contributed by atoms with Crippen LogP contribution in [0, 0.1) is 0 Å². The van der Waals surface area contributed by atoms with Crippen molar-refractivity contribution in [3.63, 3.8) is 0 Å². The minimum atomic E-state index is -3.33. The topological polar surface area (TPSA) is 34.1 Å². The second kappa shape index (κ2) is 2.52. The van der Waals surface area contributed by atoms with E-state index in [-0.39, 0.29) is 0 Å². The lowest BCUT2D eigenvalue weighted by atomic mass is 10.5. The maximum Gasteiger partial charge on any atom is 0.245 e. The molecular formula is C4H5ClO2S2. The van der Waals surface area contributed by atoms with Crippen LogP contribution in [0.25, 0.3) is 0 Å². The van der Waals surface area contributed by atoms with Crippen molar-refractivity contribution in [3.8, 4) is 0 Å². The first-order chi connectivity index (χ1) is 4.11. The maximum atomic E-state index is 10.5. The van der Waals surface area contributed by atoms with E-state index in [4.69, 9.17) is 10.7 Å². The second-order valence-corrected chi connectivity index (χ2v) is 5.87. The van der Waals surface area contributed by atoms with Gasteiger partial charge in [0.2, 0.25) is 9.05 Å². The van der Waals surface area contributed by atoms with Crippen molar-refractivity contribution >= 4 is 31.5 Å². The highest BCUT2D eigenvalue weighted by Crippen LogP contribution is 2.30. The molecule has 0 aliphatic carbocycles. The molecule has 1 aliphatic heterocycles. The smallest absolute Gasteiger partial charge is 0.211 e. The summed E-state index contributed by atoms with van der Waals surface area (Å²) in [7, 11) is 1.72. The molecule has 5 heteroatoms. The highest BCUT2D eigenvalue weighted by molar-refractivity contribution is 8.25. The van der Waals surface area contributed by atoms with Crippen LogP contribution in [0.15, 0.2) is 11.5 Å². The summed E-state index contributed by atoms with van der Waals surface area (Å²) < 4.78 is 20.6. The molecular weight excluding hydrogens is 180 g/mol. The predicted molar refractivity (Wildman–Crippen MR) is 39.9 cm³/mol. The SMILES string of the molecule is O=S(=O)(Cl)C1CC=CS1. The van der Waals surface area contributed by atoms with Crippen LogP contribution in [0.1, 0.15) is 6.42 Å². The fourth-order valence-corrected chi connectivity index (χ4v) is 2.83. The van der Waals surface area contributed by atoms with Gasteiger partial charge < -0.3 is 0 Å². The van der Waals surface area contributed by atoms with E-state index in [1.807, 2.05) is 0 Å². The van der Waals surface area contributed by atoms with Crippen molar-refractivity contribution in [1.29, 1.82) is 0 Å². The van der Waals surface area contributed by atoms with Crippen molar-refractivity contribution in [2.24, 2.45) is 0 Å². The molecule has 1 heterocycles. The van der Waals surface area contributed by atoms with Gasteiger partial charge in [-0.05, 0) is 11.8 Å². The summed E-state index contributed by atoms with van der Waals surface area (Å²) in [6, 6.07) is 0. The number of allylic oxidation sites excluding steroid dienone is 1. The Kier molecular flexibility index (Phi) is 2.08. The molecule has 52 valence electrons. The third-order valence-electron chi connectivity index (χ3n) is 0.969. The minimum absolute atomic E-state index is 0.445. The Morgan fingerprint density at radius 3 is 2.56 bits per heavy atom. The lowest BCUT2D eigenvalue weighted by Crippen LogP contribution is -2.06. The number of rotatable bonds is 1. The molecule has 1 unspecified atom stereocenters. The Hall–Kier alpha value is 0.330. The first-order valence-corrected chi connectivity index (χ1v) is 5.66. The normalized spacial score (nSPS) is 27.0. The van der Waals surface area contributed by atoms with E-state index >= 15 is 0 Å². The van der Waals surface area contributed by atoms with Crippen LogP contribution in [-0.4, -0.2) is 13.0 Å². The van der Waals surface area contributed by atoms with Crippen molar-refractivity contribution in [2.75, 3.05) is 0 Å². The Labute approximate surface area is 62.7 Å². The minimum Gasteiger partial charge on any atom is -0.211 e. The van der Waals surface area contributed by atoms with Gasteiger partial charge in [0.1, 0.15) is 4.58 Å². The molecule has 0 radical (unpaired) electrons. The fourth-order valence-electron chi connectivity index (χ4n) is 0.547. The van der Waals surface area contributed by atoms with Crippen LogP contribution < -0.4 is 0 Å². The third-order valence-corrected chi connectivity index (χ3v) is 4.69. The Morgan fingerprint density at radius 2 is 2.33 bits per heavy atom. The van der Waals surface area contributed by atoms with E-state index in [0.29, 0.717) is 6.42 Å². The average Bonchev–Trinajstić information content (AvgIpc) is 2.08. The van der Waals surface area contributed by atoms with Crippen molar-refractivity contribution in [3.05, 3.63) is 11.5 Å². The molecule has 0 fully saturated rings. The number of halogens is 1. The van der Waals surface area contributed by atoms with Crippen molar-refractivity contribution < 1.29 is 8.42 Å². The number of thioether (sulfide) groups is 1. The molecule has 2 nitrogen and oxygen atoms in total. The van der Waals surface area contributed by atoms with Gasteiger partial charge in [0, 0.05) is 10.7 Å². The summed E-state index contributed by atoms with van der Waals surface area (Å²) >= 11 is 1.25. The molecule has 0 spiro atoms. The zero-order chi connectivity index (χ0) is 6.91. The van der Waals surface area contributed by atoms with Crippen LogP contribution in [0.3, 0.4) is 0 Å². The summed E-state index contributed by atoms with van der Waals surface area (Å²) in [4.78, 5) is 0. The molecule has 0 aromatic heterocycles. The van der Waals surface area contributed by atoms with Gasteiger partial charge in [-0.1, -0.05) is 6.08 Å². The summed E-state index contributed by atoms with van der Waals surface area (Å²) in [5.41, 5.74) is 0. The van der Waals surface area contributed by atoms with Gasteiger partial charge in [-0.25, -0.2) is 8.42 Å². The number of hydrogen-bond acceptors (Lipinski definition) is 3. The molecule has 0 saturated carbocycles. The Morgan fingerprint density at radius 1 is 1.67 bits per heavy atom. The largest absolute Gasteiger partial charge is 0.245 e. The Balaban J connectivity index is 2.68. The Bertz CT molecular complexity index is 211. The zero-order valence-electron chi connectivity index (χ0n) is 4.45. The lowest BCUT2D eigenvalue weighted by molar-refractivity contribution is 0.607. The lowest BCUT2D eigenvalue weighted by Gasteiger charge is -2.00. The van der Waals surface area contributed by atoms with E-state index in [2.05, 4.69) is 0 Å². The zero-order valence-corrected chi connectivity index (χ0v) is 6.84. The maximum absolute atomic E-state index is 10.5. The molecule has 0 bridgehead atoms. The van der Waals surface area contributed by atoms with Crippen LogP contribution in [0.5, 0.6) is 0 Å². The summed E-state index contributed by atoms with van der Waals surface area (Å²) in [6.45, 7) is 0. The van der Waals surface area contributed by atoms with E-state index in [9.17, 15) is 8.42 Å². The van der Waals surface area contributed by atoms with Crippen LogP contribution in [0.2, 0.25) is 0 Å². The first kappa shape index (κ1) is 7.44. The van der Waals surface area contributed by atoms with Gasteiger partial charge in [-0.15, -0.1) is 11.8 Å². The predicted octanol–water partition coefficient (Wildman–Crippen LogP) is 1.53. The van der Waals surface area contributed by atoms with Crippen LogP contribution >= 0.6 is 22.4 Å².